The lowest BCUT2D eigenvalue weighted by atomic mass is 10.1. The number of fused-ring (bicyclic) bond motifs is 3. The summed E-state index contributed by atoms with van der Waals surface area (Å²) in [5, 5.41) is 7.95. The first-order valence-corrected chi connectivity index (χ1v) is 9.23. The fourth-order valence-corrected chi connectivity index (χ4v) is 3.37. The van der Waals surface area contributed by atoms with E-state index in [1.54, 1.807) is 38.4 Å². The van der Waals surface area contributed by atoms with Gasteiger partial charge in [0.2, 0.25) is 0 Å². The van der Waals surface area contributed by atoms with Gasteiger partial charge in [-0.2, -0.15) is 18.3 Å². The van der Waals surface area contributed by atoms with E-state index in [1.165, 1.54) is 21.4 Å². The number of pyridine rings is 1. The van der Waals surface area contributed by atoms with Crippen molar-refractivity contribution < 1.29 is 18.0 Å². The number of hydrogen-bond donors (Lipinski definition) is 1. The van der Waals surface area contributed by atoms with Gasteiger partial charge in [-0.05, 0) is 49.4 Å². The van der Waals surface area contributed by atoms with E-state index in [0.717, 1.165) is 12.1 Å². The van der Waals surface area contributed by atoms with Gasteiger partial charge >= 0.3 is 6.18 Å². The van der Waals surface area contributed by atoms with Gasteiger partial charge in [0, 0.05) is 35.6 Å². The number of anilines is 1. The number of amides is 1. The molecule has 4 rings (SSSR count). The summed E-state index contributed by atoms with van der Waals surface area (Å²) in [5.41, 5.74) is 0.756. The van der Waals surface area contributed by atoms with Gasteiger partial charge in [0.25, 0.3) is 11.5 Å². The summed E-state index contributed by atoms with van der Waals surface area (Å²) in [6, 6.07) is 9.27. The first-order chi connectivity index (χ1) is 14.6. The molecular weight excluding hydrogens is 409 g/mol. The minimum atomic E-state index is -4.48. The van der Waals surface area contributed by atoms with Crippen molar-refractivity contribution in [1.29, 1.82) is 0 Å². The quantitative estimate of drug-likeness (QED) is 0.494. The summed E-state index contributed by atoms with van der Waals surface area (Å²) >= 11 is 0. The zero-order valence-electron chi connectivity index (χ0n) is 16.6. The summed E-state index contributed by atoms with van der Waals surface area (Å²) in [6.07, 6.45) is -2.92. The number of carbonyl (C=O) groups excluding carboxylic acids is 1. The Balaban J connectivity index is 1.98. The van der Waals surface area contributed by atoms with Gasteiger partial charge in [-0.25, -0.2) is 0 Å². The molecule has 0 saturated heterocycles. The van der Waals surface area contributed by atoms with Crippen molar-refractivity contribution in [3.8, 4) is 5.69 Å². The molecule has 0 aliphatic heterocycles. The van der Waals surface area contributed by atoms with E-state index < -0.39 is 17.3 Å². The number of carbonyl (C=O) groups is 1. The highest BCUT2D eigenvalue weighted by Gasteiger charge is 2.30. The van der Waals surface area contributed by atoms with Crippen LogP contribution in [0.5, 0.6) is 0 Å². The third kappa shape index (κ3) is 3.58. The number of nitrogens with zero attached hydrogens (tertiary/aromatic N) is 3. The van der Waals surface area contributed by atoms with Crippen LogP contribution in [0.1, 0.15) is 12.5 Å². The first-order valence-electron chi connectivity index (χ1n) is 9.23. The van der Waals surface area contributed by atoms with Crippen molar-refractivity contribution in [3.63, 3.8) is 0 Å². The van der Waals surface area contributed by atoms with Crippen molar-refractivity contribution in [2.24, 2.45) is 7.05 Å². The minimum Gasteiger partial charge on any atom is -0.322 e. The zero-order valence-corrected chi connectivity index (χ0v) is 16.6. The molecule has 0 aliphatic rings. The van der Waals surface area contributed by atoms with Gasteiger partial charge in [-0.1, -0.05) is 6.58 Å². The number of nitrogens with one attached hydrogen (secondary N) is 1. The number of alkyl halides is 3. The van der Waals surface area contributed by atoms with Crippen molar-refractivity contribution in [2.75, 3.05) is 5.32 Å². The van der Waals surface area contributed by atoms with E-state index in [0.29, 0.717) is 33.1 Å². The SMILES string of the molecule is C=C(C)C(=O)Nc1ccc2c(c1)c1nn(C)cc1c(=O)n2-c1ccc(C(F)(F)F)cc1. The first kappa shape index (κ1) is 20.4. The van der Waals surface area contributed by atoms with Crippen LogP contribution in [0.25, 0.3) is 27.5 Å². The fourth-order valence-electron chi connectivity index (χ4n) is 3.37. The van der Waals surface area contributed by atoms with Crippen molar-refractivity contribution in [2.45, 2.75) is 13.1 Å². The van der Waals surface area contributed by atoms with Crippen LogP contribution in [-0.4, -0.2) is 20.3 Å². The molecule has 2 aromatic heterocycles. The molecule has 0 unspecified atom stereocenters. The van der Waals surface area contributed by atoms with Crippen LogP contribution in [-0.2, 0) is 18.0 Å². The lowest BCUT2D eigenvalue weighted by Gasteiger charge is -2.14. The van der Waals surface area contributed by atoms with E-state index in [9.17, 15) is 22.8 Å². The predicted molar refractivity (Wildman–Crippen MR) is 112 cm³/mol. The summed E-state index contributed by atoms with van der Waals surface area (Å²) < 4.78 is 41.7. The van der Waals surface area contributed by atoms with E-state index in [-0.39, 0.29) is 11.6 Å². The number of hydrogen-bond acceptors (Lipinski definition) is 3. The molecule has 2 heterocycles. The van der Waals surface area contributed by atoms with Crippen LogP contribution in [0.3, 0.4) is 0 Å². The van der Waals surface area contributed by atoms with Crippen LogP contribution >= 0.6 is 0 Å². The standard InChI is InChI=1S/C22H17F3N4O2/c1-12(2)20(30)26-14-6-9-18-16(10-14)19-17(11-28(3)27-19)21(31)29(18)15-7-4-13(5-8-15)22(23,24)25/h4-11H,1H2,2-3H3,(H,26,30). The Kier molecular flexibility index (Phi) is 4.68. The van der Waals surface area contributed by atoms with Gasteiger partial charge in [0.1, 0.15) is 5.52 Å². The van der Waals surface area contributed by atoms with E-state index in [2.05, 4.69) is 17.0 Å². The molecular formula is C22H17F3N4O2. The molecule has 1 amide bonds. The third-order valence-electron chi connectivity index (χ3n) is 4.85. The minimum absolute atomic E-state index is 0.285. The maximum absolute atomic E-state index is 13.2. The van der Waals surface area contributed by atoms with Gasteiger partial charge in [-0.3, -0.25) is 18.8 Å². The molecule has 0 aliphatic carbocycles. The molecule has 9 heteroatoms. The Morgan fingerprint density at radius 1 is 1.10 bits per heavy atom. The summed E-state index contributed by atoms with van der Waals surface area (Å²) in [6.45, 7) is 5.18. The largest absolute Gasteiger partial charge is 0.416 e. The molecule has 0 spiro atoms. The smallest absolute Gasteiger partial charge is 0.322 e. The summed E-state index contributed by atoms with van der Waals surface area (Å²) in [5.74, 6) is -0.354. The number of rotatable bonds is 3. The average Bonchev–Trinajstić information content (AvgIpc) is 3.10. The number of aryl methyl sites for hydroxylation is 1. The molecule has 2 aromatic carbocycles. The van der Waals surface area contributed by atoms with Crippen LogP contribution in [0.4, 0.5) is 18.9 Å². The Labute approximate surface area is 174 Å². The Morgan fingerprint density at radius 3 is 2.39 bits per heavy atom. The van der Waals surface area contributed by atoms with Gasteiger partial charge < -0.3 is 5.32 Å². The van der Waals surface area contributed by atoms with Crippen molar-refractivity contribution in [3.05, 3.63) is 76.7 Å². The Morgan fingerprint density at radius 2 is 1.77 bits per heavy atom. The highest BCUT2D eigenvalue weighted by Crippen LogP contribution is 2.31. The van der Waals surface area contributed by atoms with Crippen LogP contribution in [0.15, 0.2) is 65.6 Å². The molecule has 6 nitrogen and oxygen atoms in total. The number of halogens is 3. The van der Waals surface area contributed by atoms with Crippen LogP contribution < -0.4 is 10.9 Å². The second-order valence-electron chi connectivity index (χ2n) is 7.22. The highest BCUT2D eigenvalue weighted by molar-refractivity contribution is 6.08. The molecule has 0 radical (unpaired) electrons. The van der Waals surface area contributed by atoms with Gasteiger partial charge in [-0.15, -0.1) is 0 Å². The zero-order chi connectivity index (χ0) is 22.5. The number of benzene rings is 2. The molecule has 158 valence electrons. The maximum atomic E-state index is 13.2. The maximum Gasteiger partial charge on any atom is 0.416 e. The van der Waals surface area contributed by atoms with E-state index in [1.807, 2.05) is 0 Å². The van der Waals surface area contributed by atoms with E-state index in [4.69, 9.17) is 0 Å². The monoisotopic (exact) mass is 426 g/mol. The number of aromatic nitrogens is 3. The lowest BCUT2D eigenvalue weighted by Crippen LogP contribution is -2.19. The topological polar surface area (TPSA) is 68.9 Å². The van der Waals surface area contributed by atoms with Crippen LogP contribution in [0.2, 0.25) is 0 Å². The normalized spacial score (nSPS) is 11.8. The highest BCUT2D eigenvalue weighted by atomic mass is 19.4. The average molecular weight is 426 g/mol. The van der Waals surface area contributed by atoms with Gasteiger partial charge in [0.15, 0.2) is 0 Å². The Bertz CT molecular complexity index is 1410. The molecule has 0 bridgehead atoms. The van der Waals surface area contributed by atoms with Crippen molar-refractivity contribution in [1.82, 2.24) is 14.3 Å². The van der Waals surface area contributed by atoms with Crippen molar-refractivity contribution >= 4 is 33.4 Å². The van der Waals surface area contributed by atoms with E-state index >= 15 is 0 Å². The summed E-state index contributed by atoms with van der Waals surface area (Å²) in [4.78, 5) is 25.2. The second kappa shape index (κ2) is 7.12. The fraction of sp³-hybridized carbons (Fsp3) is 0.136. The molecule has 1 N–H and O–H groups in total. The second-order valence-corrected chi connectivity index (χ2v) is 7.22. The lowest BCUT2D eigenvalue weighted by molar-refractivity contribution is -0.137. The molecule has 31 heavy (non-hydrogen) atoms. The van der Waals surface area contributed by atoms with Gasteiger partial charge in [0.05, 0.1) is 16.5 Å². The molecule has 4 aromatic rings. The molecule has 0 saturated carbocycles. The molecule has 0 atom stereocenters. The molecule has 0 fully saturated rings. The summed E-state index contributed by atoms with van der Waals surface area (Å²) in [7, 11) is 1.67. The van der Waals surface area contributed by atoms with Crippen LogP contribution in [0, 0.1) is 0 Å². The predicted octanol–water partition coefficient (Wildman–Crippen LogP) is 4.41. The third-order valence-corrected chi connectivity index (χ3v) is 4.85. The Hall–Kier alpha value is -3.88.